The van der Waals surface area contributed by atoms with Gasteiger partial charge in [-0.25, -0.2) is 9.78 Å². The molecule has 0 aliphatic carbocycles. The van der Waals surface area contributed by atoms with Crippen LogP contribution in [-0.4, -0.2) is 42.2 Å². The maximum Gasteiger partial charge on any atom is 0.319 e. The van der Waals surface area contributed by atoms with Gasteiger partial charge in [0, 0.05) is 23.0 Å². The maximum atomic E-state index is 12.5. The fraction of sp³-hybridized carbons (Fsp3) is 0.280. The number of amides is 2. The molecular formula is C25H26N6O3S. The smallest absolute Gasteiger partial charge is 0.319 e. The van der Waals surface area contributed by atoms with Crippen LogP contribution in [0.3, 0.4) is 0 Å². The zero-order valence-electron chi connectivity index (χ0n) is 19.3. The Labute approximate surface area is 207 Å². The average molecular weight is 491 g/mol. The molecule has 1 aliphatic rings. The summed E-state index contributed by atoms with van der Waals surface area (Å²) in [5.74, 6) is 1.16. The molecule has 2 heterocycles. The first kappa shape index (κ1) is 24.3. The molecule has 0 atom stereocenters. The standard InChI is InChI=1S/C25H26N6O3S/c1-34-20-4-2-3-17(13-20)22-21(14-26)23(32)31-25(30-22)35-15-16-5-7-18(8-6-16)28-24(33)29-19-9-11-27-12-10-19/h2-8,13,19,27H,9-12,15H2,1H3,(H2,28,29,33)(H,30,31,32). The molecule has 2 amide bonds. The van der Waals surface area contributed by atoms with Gasteiger partial charge in [0.25, 0.3) is 5.56 Å². The SMILES string of the molecule is COc1cccc(-c2nc(SCc3ccc(NC(=O)NC4CCNCC4)cc3)[nH]c(=O)c2C#N)c1. The van der Waals surface area contributed by atoms with Crippen LogP contribution < -0.4 is 26.2 Å². The van der Waals surface area contributed by atoms with Crippen LogP contribution in [0.4, 0.5) is 10.5 Å². The van der Waals surface area contributed by atoms with Crippen LogP contribution >= 0.6 is 11.8 Å². The van der Waals surface area contributed by atoms with E-state index in [1.54, 1.807) is 31.4 Å². The molecule has 0 bridgehead atoms. The summed E-state index contributed by atoms with van der Waals surface area (Å²) in [4.78, 5) is 32.0. The van der Waals surface area contributed by atoms with E-state index in [2.05, 4.69) is 25.9 Å². The number of piperidine rings is 1. The number of nitrogens with one attached hydrogen (secondary N) is 4. The zero-order chi connectivity index (χ0) is 24.6. The number of aromatic nitrogens is 2. The van der Waals surface area contributed by atoms with Crippen LogP contribution in [0.1, 0.15) is 24.0 Å². The van der Waals surface area contributed by atoms with Crippen molar-refractivity contribution in [2.45, 2.75) is 29.8 Å². The van der Waals surface area contributed by atoms with Gasteiger partial charge in [0.05, 0.1) is 12.8 Å². The van der Waals surface area contributed by atoms with Crippen molar-refractivity contribution in [3.8, 4) is 23.1 Å². The lowest BCUT2D eigenvalue weighted by molar-refractivity contribution is 0.245. The van der Waals surface area contributed by atoms with Gasteiger partial charge in [-0.1, -0.05) is 36.0 Å². The first-order valence-electron chi connectivity index (χ1n) is 11.2. The van der Waals surface area contributed by atoms with E-state index in [-0.39, 0.29) is 17.6 Å². The molecule has 4 rings (SSSR count). The summed E-state index contributed by atoms with van der Waals surface area (Å²) in [6.45, 7) is 1.83. The van der Waals surface area contributed by atoms with Crippen molar-refractivity contribution in [3.05, 3.63) is 70.0 Å². The number of aromatic amines is 1. The molecule has 2 aromatic carbocycles. The molecule has 0 unspecified atom stereocenters. The monoisotopic (exact) mass is 490 g/mol. The molecule has 9 nitrogen and oxygen atoms in total. The summed E-state index contributed by atoms with van der Waals surface area (Å²) in [7, 11) is 1.55. The third kappa shape index (κ3) is 6.41. The summed E-state index contributed by atoms with van der Waals surface area (Å²) in [6.07, 6.45) is 1.85. The molecule has 0 spiro atoms. The summed E-state index contributed by atoms with van der Waals surface area (Å²) in [5.41, 5.74) is 2.12. The first-order chi connectivity index (χ1) is 17.1. The van der Waals surface area contributed by atoms with E-state index in [9.17, 15) is 14.9 Å². The Kier molecular flexibility index (Phi) is 8.03. The highest BCUT2D eigenvalue weighted by Crippen LogP contribution is 2.26. The number of anilines is 1. The Morgan fingerprint density at radius 2 is 2.00 bits per heavy atom. The first-order valence-corrected chi connectivity index (χ1v) is 12.2. The van der Waals surface area contributed by atoms with Crippen LogP contribution in [0.5, 0.6) is 5.75 Å². The summed E-state index contributed by atoms with van der Waals surface area (Å²) in [6, 6.07) is 16.5. The quantitative estimate of drug-likeness (QED) is 0.294. The van der Waals surface area contributed by atoms with Crippen LogP contribution in [0, 0.1) is 11.3 Å². The van der Waals surface area contributed by atoms with E-state index in [0.717, 1.165) is 31.5 Å². The van der Waals surface area contributed by atoms with Crippen molar-refractivity contribution in [2.75, 3.05) is 25.5 Å². The molecule has 1 aliphatic heterocycles. The van der Waals surface area contributed by atoms with Crippen molar-refractivity contribution in [1.29, 1.82) is 5.26 Å². The van der Waals surface area contributed by atoms with Crippen molar-refractivity contribution in [2.24, 2.45) is 0 Å². The Morgan fingerprint density at radius 1 is 1.23 bits per heavy atom. The second kappa shape index (κ2) is 11.6. The number of methoxy groups -OCH3 is 1. The molecule has 10 heteroatoms. The van der Waals surface area contributed by atoms with Gasteiger partial charge in [-0.2, -0.15) is 5.26 Å². The highest BCUT2D eigenvalue weighted by atomic mass is 32.2. The van der Waals surface area contributed by atoms with E-state index >= 15 is 0 Å². The Bertz CT molecular complexity index is 1280. The number of H-pyrrole nitrogens is 1. The second-order valence-corrected chi connectivity index (χ2v) is 9.01. The third-order valence-electron chi connectivity index (χ3n) is 5.61. The lowest BCUT2D eigenvalue weighted by Crippen LogP contribution is -2.44. The molecule has 1 fully saturated rings. The fourth-order valence-electron chi connectivity index (χ4n) is 3.76. The van der Waals surface area contributed by atoms with Crippen LogP contribution in [0.2, 0.25) is 0 Å². The number of rotatable bonds is 7. The van der Waals surface area contributed by atoms with E-state index in [1.807, 2.05) is 30.3 Å². The number of nitrogens with zero attached hydrogens (tertiary/aromatic N) is 2. The Hall–Kier alpha value is -3.81. The van der Waals surface area contributed by atoms with Crippen molar-refractivity contribution in [3.63, 3.8) is 0 Å². The van der Waals surface area contributed by atoms with Crippen LogP contribution in [0.15, 0.2) is 58.5 Å². The summed E-state index contributed by atoms with van der Waals surface area (Å²) < 4.78 is 5.25. The minimum Gasteiger partial charge on any atom is -0.497 e. The number of ether oxygens (including phenoxy) is 1. The molecule has 1 saturated heterocycles. The molecule has 1 aromatic heterocycles. The number of carbonyl (C=O) groups excluding carboxylic acids is 1. The zero-order valence-corrected chi connectivity index (χ0v) is 20.1. The normalized spacial score (nSPS) is 13.6. The number of carbonyl (C=O) groups is 1. The minimum absolute atomic E-state index is 0.0409. The number of hydrogen-bond donors (Lipinski definition) is 4. The van der Waals surface area contributed by atoms with E-state index in [0.29, 0.717) is 33.6 Å². The van der Waals surface area contributed by atoms with Gasteiger partial charge < -0.3 is 25.7 Å². The molecule has 35 heavy (non-hydrogen) atoms. The van der Waals surface area contributed by atoms with Gasteiger partial charge in [0.1, 0.15) is 17.4 Å². The van der Waals surface area contributed by atoms with Crippen molar-refractivity contribution >= 4 is 23.5 Å². The number of hydrogen-bond acceptors (Lipinski definition) is 7. The van der Waals surface area contributed by atoms with Crippen molar-refractivity contribution in [1.82, 2.24) is 20.6 Å². The van der Waals surface area contributed by atoms with Gasteiger partial charge in [-0.15, -0.1) is 0 Å². The average Bonchev–Trinajstić information content (AvgIpc) is 2.88. The predicted octanol–water partition coefficient (Wildman–Crippen LogP) is 3.48. The minimum atomic E-state index is -0.484. The third-order valence-corrected chi connectivity index (χ3v) is 6.56. The predicted molar refractivity (Wildman–Crippen MR) is 136 cm³/mol. The molecule has 0 radical (unpaired) electrons. The summed E-state index contributed by atoms with van der Waals surface area (Å²) in [5, 5.41) is 19.0. The van der Waals surface area contributed by atoms with Gasteiger partial charge in [-0.05, 0) is 55.8 Å². The largest absolute Gasteiger partial charge is 0.497 e. The van der Waals surface area contributed by atoms with Gasteiger partial charge in [0.2, 0.25) is 0 Å². The molecule has 180 valence electrons. The topological polar surface area (TPSA) is 132 Å². The number of benzene rings is 2. The van der Waals surface area contributed by atoms with Gasteiger partial charge in [0.15, 0.2) is 5.16 Å². The van der Waals surface area contributed by atoms with E-state index in [4.69, 9.17) is 4.74 Å². The molecular weight excluding hydrogens is 464 g/mol. The lowest BCUT2D eigenvalue weighted by Gasteiger charge is -2.23. The number of thioether (sulfide) groups is 1. The highest BCUT2D eigenvalue weighted by Gasteiger charge is 2.16. The van der Waals surface area contributed by atoms with Crippen molar-refractivity contribution < 1.29 is 9.53 Å². The highest BCUT2D eigenvalue weighted by molar-refractivity contribution is 7.98. The van der Waals surface area contributed by atoms with E-state index < -0.39 is 5.56 Å². The van der Waals surface area contributed by atoms with Crippen LogP contribution in [0.25, 0.3) is 11.3 Å². The number of nitriles is 1. The Balaban J connectivity index is 1.41. The lowest BCUT2D eigenvalue weighted by atomic mass is 10.1. The molecule has 4 N–H and O–H groups in total. The number of urea groups is 1. The Morgan fingerprint density at radius 3 is 2.71 bits per heavy atom. The van der Waals surface area contributed by atoms with Gasteiger partial charge >= 0.3 is 6.03 Å². The summed E-state index contributed by atoms with van der Waals surface area (Å²) >= 11 is 1.36. The fourth-order valence-corrected chi connectivity index (χ4v) is 4.58. The molecule has 3 aromatic rings. The van der Waals surface area contributed by atoms with Crippen LogP contribution in [-0.2, 0) is 5.75 Å². The maximum absolute atomic E-state index is 12.5. The molecule has 0 saturated carbocycles. The second-order valence-electron chi connectivity index (χ2n) is 8.05. The van der Waals surface area contributed by atoms with Gasteiger partial charge in [-0.3, -0.25) is 4.79 Å². The van der Waals surface area contributed by atoms with E-state index in [1.165, 1.54) is 11.8 Å².